The number of nitrogens with one attached hydrogen (secondary N) is 2. The lowest BCUT2D eigenvalue weighted by molar-refractivity contribution is -0.114. The predicted octanol–water partition coefficient (Wildman–Crippen LogP) is 3.89. The second-order valence-corrected chi connectivity index (χ2v) is 8.69. The standard InChI is InChI=1S/C22H23N3O6S/c1-5-30-22(27)17-7-6-8-18(11-17)25-32(28,29)19-12-16(10-9-13(19)2)20-14(3)24-31-21(20)23-15(4)26/h6-12,25H,5H2,1-4H3,(H,23,26). The molecule has 2 aromatic carbocycles. The number of esters is 1. The summed E-state index contributed by atoms with van der Waals surface area (Å²) in [6, 6.07) is 10.9. The van der Waals surface area contributed by atoms with Crippen molar-refractivity contribution >= 4 is 33.5 Å². The number of benzene rings is 2. The van der Waals surface area contributed by atoms with E-state index in [4.69, 9.17) is 9.26 Å². The number of nitrogens with zero attached hydrogens (tertiary/aromatic N) is 1. The van der Waals surface area contributed by atoms with Crippen LogP contribution in [0.15, 0.2) is 51.9 Å². The number of amides is 1. The average molecular weight is 458 g/mol. The largest absolute Gasteiger partial charge is 0.462 e. The van der Waals surface area contributed by atoms with E-state index in [9.17, 15) is 18.0 Å². The highest BCUT2D eigenvalue weighted by atomic mass is 32.2. The summed E-state index contributed by atoms with van der Waals surface area (Å²) in [5.74, 6) is -0.747. The van der Waals surface area contributed by atoms with E-state index in [0.29, 0.717) is 22.4 Å². The van der Waals surface area contributed by atoms with Gasteiger partial charge in [-0.3, -0.25) is 14.8 Å². The molecular formula is C22H23N3O6S. The second-order valence-electron chi connectivity index (χ2n) is 7.04. The van der Waals surface area contributed by atoms with Crippen LogP contribution in [-0.2, 0) is 19.6 Å². The molecule has 1 amide bonds. The Morgan fingerprint density at radius 2 is 1.88 bits per heavy atom. The van der Waals surface area contributed by atoms with Gasteiger partial charge in [0.1, 0.15) is 0 Å². The van der Waals surface area contributed by atoms with E-state index in [1.54, 1.807) is 51.1 Å². The zero-order chi connectivity index (χ0) is 23.5. The first-order valence-corrected chi connectivity index (χ1v) is 11.3. The van der Waals surface area contributed by atoms with Crippen LogP contribution in [0.25, 0.3) is 11.1 Å². The molecule has 0 bridgehead atoms. The number of anilines is 2. The number of carbonyl (C=O) groups excluding carboxylic acids is 2. The third-order valence-corrected chi connectivity index (χ3v) is 6.07. The Hall–Kier alpha value is -3.66. The average Bonchev–Trinajstić information content (AvgIpc) is 3.07. The van der Waals surface area contributed by atoms with Crippen LogP contribution in [0.5, 0.6) is 0 Å². The minimum absolute atomic E-state index is 0.0333. The molecule has 0 radical (unpaired) electrons. The van der Waals surface area contributed by atoms with E-state index in [1.807, 2.05) is 0 Å². The molecule has 0 aliphatic heterocycles. The Labute approximate surface area is 185 Å². The molecule has 0 aliphatic rings. The van der Waals surface area contributed by atoms with E-state index < -0.39 is 16.0 Å². The van der Waals surface area contributed by atoms with Crippen molar-refractivity contribution in [3.63, 3.8) is 0 Å². The molecule has 0 spiro atoms. The molecule has 10 heteroatoms. The molecule has 168 valence electrons. The highest BCUT2D eigenvalue weighted by Gasteiger charge is 2.22. The number of hydrogen-bond donors (Lipinski definition) is 2. The highest BCUT2D eigenvalue weighted by Crippen LogP contribution is 2.34. The molecule has 1 aromatic heterocycles. The van der Waals surface area contributed by atoms with Crippen molar-refractivity contribution in [3.05, 3.63) is 59.3 Å². The second kappa shape index (κ2) is 9.23. The number of ether oxygens (including phenoxy) is 1. The van der Waals surface area contributed by atoms with E-state index >= 15 is 0 Å². The maximum Gasteiger partial charge on any atom is 0.338 e. The first-order valence-electron chi connectivity index (χ1n) is 9.77. The van der Waals surface area contributed by atoms with Gasteiger partial charge >= 0.3 is 5.97 Å². The highest BCUT2D eigenvalue weighted by molar-refractivity contribution is 7.92. The fourth-order valence-electron chi connectivity index (χ4n) is 3.13. The van der Waals surface area contributed by atoms with Crippen LogP contribution in [0.1, 0.15) is 35.5 Å². The maximum absolute atomic E-state index is 13.2. The van der Waals surface area contributed by atoms with Crippen molar-refractivity contribution in [1.29, 1.82) is 0 Å². The summed E-state index contributed by atoms with van der Waals surface area (Å²) in [6.07, 6.45) is 0. The fourth-order valence-corrected chi connectivity index (χ4v) is 4.46. The van der Waals surface area contributed by atoms with Gasteiger partial charge in [-0.15, -0.1) is 0 Å². The van der Waals surface area contributed by atoms with Gasteiger partial charge < -0.3 is 9.26 Å². The third kappa shape index (κ3) is 4.97. The van der Waals surface area contributed by atoms with Crippen molar-refractivity contribution in [2.45, 2.75) is 32.6 Å². The molecule has 2 N–H and O–H groups in total. The zero-order valence-electron chi connectivity index (χ0n) is 18.1. The van der Waals surface area contributed by atoms with Gasteiger partial charge in [0.25, 0.3) is 10.0 Å². The van der Waals surface area contributed by atoms with Gasteiger partial charge in [-0.1, -0.05) is 23.4 Å². The SMILES string of the molecule is CCOC(=O)c1cccc(NS(=O)(=O)c2cc(-c3c(C)noc3NC(C)=O)ccc2C)c1. The van der Waals surface area contributed by atoms with Gasteiger partial charge in [-0.05, 0) is 56.2 Å². The van der Waals surface area contributed by atoms with Gasteiger partial charge in [-0.2, -0.15) is 0 Å². The smallest absolute Gasteiger partial charge is 0.338 e. The van der Waals surface area contributed by atoms with E-state index in [1.165, 1.54) is 19.1 Å². The molecular weight excluding hydrogens is 434 g/mol. The molecule has 0 fully saturated rings. The molecule has 0 aliphatic carbocycles. The molecule has 0 saturated carbocycles. The van der Waals surface area contributed by atoms with Crippen LogP contribution >= 0.6 is 0 Å². The van der Waals surface area contributed by atoms with Crippen LogP contribution in [0.4, 0.5) is 11.6 Å². The van der Waals surface area contributed by atoms with Crippen LogP contribution in [0, 0.1) is 13.8 Å². The topological polar surface area (TPSA) is 128 Å². The summed E-state index contributed by atoms with van der Waals surface area (Å²) in [4.78, 5) is 23.5. The number of sulfonamides is 1. The maximum atomic E-state index is 13.2. The van der Waals surface area contributed by atoms with Crippen LogP contribution in [0.3, 0.4) is 0 Å². The lowest BCUT2D eigenvalue weighted by Gasteiger charge is -2.13. The van der Waals surface area contributed by atoms with Gasteiger partial charge in [0.05, 0.1) is 28.3 Å². The third-order valence-electron chi connectivity index (χ3n) is 4.54. The minimum atomic E-state index is -4.00. The van der Waals surface area contributed by atoms with E-state index in [0.717, 1.165) is 0 Å². The van der Waals surface area contributed by atoms with Gasteiger partial charge in [-0.25, -0.2) is 13.2 Å². The normalized spacial score (nSPS) is 11.1. The Balaban J connectivity index is 1.99. The number of aryl methyl sites for hydroxylation is 2. The lowest BCUT2D eigenvalue weighted by Crippen LogP contribution is -2.15. The number of aromatic nitrogens is 1. The van der Waals surface area contributed by atoms with Crippen molar-refractivity contribution in [1.82, 2.24) is 5.16 Å². The summed E-state index contributed by atoms with van der Waals surface area (Å²) in [5, 5.41) is 6.43. The Morgan fingerprint density at radius 3 is 2.56 bits per heavy atom. The predicted molar refractivity (Wildman–Crippen MR) is 119 cm³/mol. The van der Waals surface area contributed by atoms with E-state index in [-0.39, 0.29) is 34.5 Å². The summed E-state index contributed by atoms with van der Waals surface area (Å²) in [6.45, 7) is 6.60. The quantitative estimate of drug-likeness (QED) is 0.515. The Kier molecular flexibility index (Phi) is 6.64. The molecule has 32 heavy (non-hydrogen) atoms. The molecule has 3 aromatic rings. The van der Waals surface area contributed by atoms with Gasteiger partial charge in [0.15, 0.2) is 0 Å². The van der Waals surface area contributed by atoms with Gasteiger partial charge in [0.2, 0.25) is 11.8 Å². The molecule has 0 unspecified atom stereocenters. The van der Waals surface area contributed by atoms with Crippen LogP contribution < -0.4 is 10.0 Å². The summed E-state index contributed by atoms with van der Waals surface area (Å²) < 4.78 is 39.0. The first kappa shape index (κ1) is 23.0. The minimum Gasteiger partial charge on any atom is -0.462 e. The van der Waals surface area contributed by atoms with Crippen molar-refractivity contribution in [2.75, 3.05) is 16.6 Å². The van der Waals surface area contributed by atoms with Crippen molar-refractivity contribution < 1.29 is 27.3 Å². The molecule has 0 atom stereocenters. The summed E-state index contributed by atoms with van der Waals surface area (Å²) >= 11 is 0. The number of hydrogen-bond acceptors (Lipinski definition) is 7. The Bertz CT molecular complexity index is 1280. The van der Waals surface area contributed by atoms with E-state index in [2.05, 4.69) is 15.2 Å². The Morgan fingerprint density at radius 1 is 1.12 bits per heavy atom. The fraction of sp³-hybridized carbons (Fsp3) is 0.227. The molecule has 3 rings (SSSR count). The van der Waals surface area contributed by atoms with Gasteiger partial charge in [0, 0.05) is 12.6 Å². The number of rotatable bonds is 7. The van der Waals surface area contributed by atoms with Crippen LogP contribution in [0.2, 0.25) is 0 Å². The zero-order valence-corrected chi connectivity index (χ0v) is 18.9. The van der Waals surface area contributed by atoms with Crippen molar-refractivity contribution in [2.24, 2.45) is 0 Å². The lowest BCUT2D eigenvalue weighted by atomic mass is 10.0. The molecule has 1 heterocycles. The van der Waals surface area contributed by atoms with Crippen molar-refractivity contribution in [3.8, 4) is 11.1 Å². The number of carbonyl (C=O) groups is 2. The summed E-state index contributed by atoms with van der Waals surface area (Å²) in [7, 11) is -4.00. The molecule has 9 nitrogen and oxygen atoms in total. The van der Waals surface area contributed by atoms with Crippen LogP contribution in [-0.4, -0.2) is 32.1 Å². The first-order chi connectivity index (χ1) is 15.1. The molecule has 0 saturated heterocycles. The monoisotopic (exact) mass is 457 g/mol. The summed E-state index contributed by atoms with van der Waals surface area (Å²) in [5.41, 5.74) is 2.46.